The number of nitrogens with zero attached hydrogens (tertiary/aromatic N) is 1. The van der Waals surface area contributed by atoms with E-state index in [4.69, 9.17) is 0 Å². The summed E-state index contributed by atoms with van der Waals surface area (Å²) < 4.78 is 0. The highest BCUT2D eigenvalue weighted by Gasteiger charge is 2.41. The average molecular weight is 426 g/mol. The van der Waals surface area contributed by atoms with Crippen LogP contribution < -0.4 is 10.6 Å². The average Bonchev–Trinajstić information content (AvgIpc) is 2.60. The Bertz CT molecular complexity index is 649. The molecule has 0 aliphatic rings. The number of amides is 2. The van der Waals surface area contributed by atoms with Crippen LogP contribution >= 0.6 is 0 Å². The van der Waals surface area contributed by atoms with E-state index in [0.29, 0.717) is 12.3 Å². The standard InChI is InChI=1S/C23H43N3O4/c1-14(2)13-23(9,24-10)21(30)25-18(22(6,7)8)19(27)26(11)17(15(3)4)12-16(5)20(28)29/h12,14-15,17-18,24H,13H2,1-11H3,(H,25,30)(H,28,29)/b16-12+/t17-,18-,23?/m1/s1. The summed E-state index contributed by atoms with van der Waals surface area (Å²) in [6, 6.07) is -1.16. The molecule has 7 nitrogen and oxygen atoms in total. The molecule has 3 N–H and O–H groups in total. The van der Waals surface area contributed by atoms with Crippen molar-refractivity contribution in [3.05, 3.63) is 11.6 Å². The van der Waals surface area contributed by atoms with Gasteiger partial charge in [0.05, 0.1) is 11.6 Å². The number of carbonyl (C=O) groups excluding carboxylic acids is 2. The van der Waals surface area contributed by atoms with Crippen molar-refractivity contribution in [1.82, 2.24) is 15.5 Å². The Balaban J connectivity index is 5.93. The topological polar surface area (TPSA) is 98.7 Å². The molecule has 0 aromatic carbocycles. The van der Waals surface area contributed by atoms with Crippen LogP contribution in [0.1, 0.15) is 68.7 Å². The highest BCUT2D eigenvalue weighted by Crippen LogP contribution is 2.25. The van der Waals surface area contributed by atoms with E-state index in [-0.39, 0.29) is 23.3 Å². The molecule has 0 bridgehead atoms. The lowest BCUT2D eigenvalue weighted by Gasteiger charge is -2.39. The highest BCUT2D eigenvalue weighted by molar-refractivity contribution is 5.92. The molecule has 3 atom stereocenters. The van der Waals surface area contributed by atoms with Gasteiger partial charge in [-0.1, -0.05) is 54.5 Å². The van der Waals surface area contributed by atoms with Crippen molar-refractivity contribution < 1.29 is 19.5 Å². The van der Waals surface area contributed by atoms with Gasteiger partial charge in [-0.3, -0.25) is 9.59 Å². The number of nitrogens with one attached hydrogen (secondary N) is 2. The zero-order chi connectivity index (χ0) is 24.0. The molecule has 0 aromatic rings. The summed E-state index contributed by atoms with van der Waals surface area (Å²) in [6.07, 6.45) is 2.23. The summed E-state index contributed by atoms with van der Waals surface area (Å²) in [6.45, 7) is 17.1. The first kappa shape index (κ1) is 28.1. The lowest BCUT2D eigenvalue weighted by atomic mass is 9.83. The number of hydrogen-bond donors (Lipinski definition) is 3. The van der Waals surface area contributed by atoms with Crippen LogP contribution in [0.15, 0.2) is 11.6 Å². The Kier molecular flexibility index (Phi) is 10.2. The van der Waals surface area contributed by atoms with Crippen molar-refractivity contribution in [2.75, 3.05) is 14.1 Å². The maximum Gasteiger partial charge on any atom is 0.331 e. The second-order valence-electron chi connectivity index (χ2n) is 10.3. The van der Waals surface area contributed by atoms with Gasteiger partial charge in [0.25, 0.3) is 0 Å². The highest BCUT2D eigenvalue weighted by atomic mass is 16.4. The molecule has 0 radical (unpaired) electrons. The quantitative estimate of drug-likeness (QED) is 0.467. The number of carboxylic acids is 1. The van der Waals surface area contributed by atoms with E-state index in [9.17, 15) is 19.5 Å². The van der Waals surface area contributed by atoms with Gasteiger partial charge in [0.15, 0.2) is 0 Å². The maximum absolute atomic E-state index is 13.5. The van der Waals surface area contributed by atoms with Crippen molar-refractivity contribution in [3.63, 3.8) is 0 Å². The molecule has 0 aliphatic carbocycles. The number of carbonyl (C=O) groups is 3. The van der Waals surface area contributed by atoms with E-state index in [1.807, 2.05) is 55.4 Å². The van der Waals surface area contributed by atoms with Gasteiger partial charge in [0, 0.05) is 12.6 Å². The molecule has 0 heterocycles. The molecule has 1 unspecified atom stereocenters. The van der Waals surface area contributed by atoms with E-state index >= 15 is 0 Å². The predicted octanol–water partition coefficient (Wildman–Crippen LogP) is 3.06. The first-order valence-electron chi connectivity index (χ1n) is 10.7. The molecule has 2 amide bonds. The van der Waals surface area contributed by atoms with Crippen LogP contribution in [-0.2, 0) is 14.4 Å². The molecule has 0 spiro atoms. The van der Waals surface area contributed by atoms with Crippen LogP contribution in [0.2, 0.25) is 0 Å². The molecule has 0 saturated carbocycles. The zero-order valence-corrected chi connectivity index (χ0v) is 20.7. The lowest BCUT2D eigenvalue weighted by molar-refractivity contribution is -0.141. The molecule has 0 aliphatic heterocycles. The Morgan fingerprint density at radius 3 is 1.90 bits per heavy atom. The molecule has 0 fully saturated rings. The summed E-state index contributed by atoms with van der Waals surface area (Å²) in [5, 5.41) is 15.3. The minimum atomic E-state index is -1.01. The Labute approximate surface area is 182 Å². The lowest BCUT2D eigenvalue weighted by Crippen LogP contribution is -2.62. The molecule has 174 valence electrons. The fourth-order valence-electron chi connectivity index (χ4n) is 3.49. The second-order valence-corrected chi connectivity index (χ2v) is 10.3. The van der Waals surface area contributed by atoms with E-state index in [1.165, 1.54) is 6.92 Å². The Hall–Kier alpha value is -1.89. The third-order valence-corrected chi connectivity index (χ3v) is 5.49. The van der Waals surface area contributed by atoms with Crippen molar-refractivity contribution >= 4 is 17.8 Å². The second kappa shape index (κ2) is 10.9. The number of carboxylic acid groups (broad SMARTS) is 1. The number of rotatable bonds is 10. The molecule has 0 rings (SSSR count). The van der Waals surface area contributed by atoms with Crippen LogP contribution in [0.5, 0.6) is 0 Å². The van der Waals surface area contributed by atoms with E-state index in [0.717, 1.165) is 0 Å². The fourth-order valence-corrected chi connectivity index (χ4v) is 3.49. The first-order valence-corrected chi connectivity index (χ1v) is 10.7. The number of aliphatic carboxylic acids is 1. The van der Waals surface area contributed by atoms with Crippen LogP contribution in [0.25, 0.3) is 0 Å². The summed E-state index contributed by atoms with van der Waals surface area (Å²) in [5.41, 5.74) is -1.14. The molecule has 30 heavy (non-hydrogen) atoms. The van der Waals surface area contributed by atoms with Gasteiger partial charge in [-0.15, -0.1) is 0 Å². The summed E-state index contributed by atoms with van der Waals surface area (Å²) >= 11 is 0. The Morgan fingerprint density at radius 2 is 1.57 bits per heavy atom. The van der Waals surface area contributed by atoms with Crippen molar-refractivity contribution in [2.45, 2.75) is 86.4 Å². The van der Waals surface area contributed by atoms with Gasteiger partial charge in [-0.05, 0) is 44.6 Å². The maximum atomic E-state index is 13.5. The van der Waals surface area contributed by atoms with Crippen LogP contribution in [-0.4, -0.2) is 59.5 Å². The molecular formula is C23H43N3O4. The minimum Gasteiger partial charge on any atom is -0.478 e. The van der Waals surface area contributed by atoms with Gasteiger partial charge < -0.3 is 20.6 Å². The smallest absolute Gasteiger partial charge is 0.331 e. The fraction of sp³-hybridized carbons (Fsp3) is 0.783. The summed E-state index contributed by atoms with van der Waals surface area (Å²) in [4.78, 5) is 39.5. The SMILES string of the molecule is CNC(C)(CC(C)C)C(=O)N[C@H](C(=O)N(C)[C@H](/C=C(\C)C(=O)O)C(C)C)C(C)(C)C. The van der Waals surface area contributed by atoms with E-state index in [2.05, 4.69) is 10.6 Å². The van der Waals surface area contributed by atoms with E-state index < -0.39 is 29.0 Å². The van der Waals surface area contributed by atoms with Crippen molar-refractivity contribution in [2.24, 2.45) is 17.3 Å². The summed E-state index contributed by atoms with van der Waals surface area (Å²) in [5.74, 6) is -1.17. The van der Waals surface area contributed by atoms with Crippen LogP contribution in [0, 0.1) is 17.3 Å². The molecule has 7 heteroatoms. The predicted molar refractivity (Wildman–Crippen MR) is 121 cm³/mol. The molecule has 0 aromatic heterocycles. The monoisotopic (exact) mass is 425 g/mol. The van der Waals surface area contributed by atoms with Crippen molar-refractivity contribution in [3.8, 4) is 0 Å². The molecular weight excluding hydrogens is 382 g/mol. The normalized spacial score (nSPS) is 16.8. The van der Waals surface area contributed by atoms with E-state index in [1.54, 1.807) is 25.1 Å². The largest absolute Gasteiger partial charge is 0.478 e. The van der Waals surface area contributed by atoms with Crippen LogP contribution in [0.3, 0.4) is 0 Å². The van der Waals surface area contributed by atoms with Gasteiger partial charge >= 0.3 is 5.97 Å². The third-order valence-electron chi connectivity index (χ3n) is 5.49. The number of hydrogen-bond acceptors (Lipinski definition) is 4. The zero-order valence-electron chi connectivity index (χ0n) is 20.7. The van der Waals surface area contributed by atoms with Gasteiger partial charge in [-0.2, -0.15) is 0 Å². The number of likely N-dealkylation sites (N-methyl/N-ethyl adjacent to an activating group) is 2. The van der Waals surface area contributed by atoms with Crippen molar-refractivity contribution in [1.29, 1.82) is 0 Å². The third kappa shape index (κ3) is 7.74. The summed E-state index contributed by atoms with van der Waals surface area (Å²) in [7, 11) is 3.41. The van der Waals surface area contributed by atoms with Gasteiger partial charge in [0.2, 0.25) is 11.8 Å². The first-order chi connectivity index (χ1) is 13.5. The molecule has 0 saturated heterocycles. The van der Waals surface area contributed by atoms with Gasteiger partial charge in [-0.25, -0.2) is 4.79 Å². The Morgan fingerprint density at radius 1 is 1.07 bits per heavy atom. The van der Waals surface area contributed by atoms with Gasteiger partial charge in [0.1, 0.15) is 6.04 Å². The van der Waals surface area contributed by atoms with Crippen LogP contribution in [0.4, 0.5) is 0 Å². The minimum absolute atomic E-state index is 0.00749.